The first-order valence-electron chi connectivity index (χ1n) is 8.60. The van der Waals surface area contributed by atoms with Gasteiger partial charge in [-0.1, -0.05) is 50.1 Å². The first-order valence-corrected chi connectivity index (χ1v) is 8.60. The van der Waals surface area contributed by atoms with E-state index in [0.29, 0.717) is 18.8 Å². The van der Waals surface area contributed by atoms with Crippen LogP contribution in [0.25, 0.3) is 0 Å². The normalized spacial score (nSPS) is 22.2. The number of benzene rings is 1. The molecule has 0 radical (unpaired) electrons. The van der Waals surface area contributed by atoms with E-state index < -0.39 is 6.10 Å². The zero-order chi connectivity index (χ0) is 16.7. The van der Waals surface area contributed by atoms with Crippen LogP contribution in [0.1, 0.15) is 51.5 Å². The summed E-state index contributed by atoms with van der Waals surface area (Å²) in [5.41, 5.74) is 1.09. The van der Waals surface area contributed by atoms with E-state index in [1.54, 1.807) is 6.92 Å². The molecule has 1 amide bonds. The van der Waals surface area contributed by atoms with Crippen LogP contribution < -0.4 is 5.32 Å². The lowest BCUT2D eigenvalue weighted by atomic mass is 9.86. The third kappa shape index (κ3) is 5.70. The van der Waals surface area contributed by atoms with Crippen molar-refractivity contribution < 1.29 is 14.3 Å². The van der Waals surface area contributed by atoms with E-state index in [1.165, 1.54) is 6.42 Å². The van der Waals surface area contributed by atoms with Gasteiger partial charge in [-0.05, 0) is 37.7 Å². The number of carbonyl (C=O) groups excluding carboxylic acids is 2. The Morgan fingerprint density at radius 1 is 1.22 bits per heavy atom. The Bertz CT molecular complexity index is 515. The lowest BCUT2D eigenvalue weighted by Crippen LogP contribution is -2.46. The lowest BCUT2D eigenvalue weighted by molar-refractivity contribution is -0.155. The van der Waals surface area contributed by atoms with Crippen LogP contribution in [0, 0.1) is 5.92 Å². The molecule has 1 saturated carbocycles. The average molecular weight is 317 g/mol. The Labute approximate surface area is 138 Å². The van der Waals surface area contributed by atoms with Crippen LogP contribution in [-0.4, -0.2) is 24.0 Å². The van der Waals surface area contributed by atoms with Gasteiger partial charge in [-0.25, -0.2) is 0 Å². The second-order valence-corrected chi connectivity index (χ2v) is 6.49. The smallest absolute Gasteiger partial charge is 0.306 e. The van der Waals surface area contributed by atoms with E-state index in [0.717, 1.165) is 24.8 Å². The van der Waals surface area contributed by atoms with Crippen molar-refractivity contribution in [2.45, 2.75) is 64.5 Å². The molecule has 2 rings (SSSR count). The van der Waals surface area contributed by atoms with Gasteiger partial charge in [0.2, 0.25) is 0 Å². The first kappa shape index (κ1) is 17.5. The van der Waals surface area contributed by atoms with Gasteiger partial charge in [0.15, 0.2) is 6.10 Å². The summed E-state index contributed by atoms with van der Waals surface area (Å²) < 4.78 is 5.26. The molecule has 0 spiro atoms. The Hall–Kier alpha value is -1.84. The molecule has 0 heterocycles. The number of amides is 1. The van der Waals surface area contributed by atoms with Crippen LogP contribution in [-0.2, 0) is 20.7 Å². The summed E-state index contributed by atoms with van der Waals surface area (Å²) in [6, 6.07) is 10.0. The quantitative estimate of drug-likeness (QED) is 0.820. The molecule has 1 aromatic carbocycles. The Kier molecular flexibility index (Phi) is 6.63. The topological polar surface area (TPSA) is 55.4 Å². The number of hydrogen-bond acceptors (Lipinski definition) is 3. The molecule has 0 saturated heterocycles. The Balaban J connectivity index is 1.73. The minimum absolute atomic E-state index is 0.184. The van der Waals surface area contributed by atoms with Crippen LogP contribution in [0.4, 0.5) is 0 Å². The highest BCUT2D eigenvalue weighted by atomic mass is 16.5. The molecule has 0 unspecified atom stereocenters. The molecule has 1 fully saturated rings. The van der Waals surface area contributed by atoms with Gasteiger partial charge in [0.05, 0.1) is 0 Å². The van der Waals surface area contributed by atoms with Crippen molar-refractivity contribution in [2.75, 3.05) is 0 Å². The highest BCUT2D eigenvalue weighted by Gasteiger charge is 2.26. The van der Waals surface area contributed by atoms with E-state index >= 15 is 0 Å². The Morgan fingerprint density at radius 3 is 2.61 bits per heavy atom. The monoisotopic (exact) mass is 317 g/mol. The molecule has 1 aliphatic rings. The van der Waals surface area contributed by atoms with Crippen molar-refractivity contribution in [1.29, 1.82) is 0 Å². The van der Waals surface area contributed by atoms with E-state index in [-0.39, 0.29) is 17.9 Å². The number of ether oxygens (including phenoxy) is 1. The highest BCUT2D eigenvalue weighted by Crippen LogP contribution is 2.23. The predicted molar refractivity (Wildman–Crippen MR) is 89.9 cm³/mol. The van der Waals surface area contributed by atoms with E-state index in [1.807, 2.05) is 30.3 Å². The van der Waals surface area contributed by atoms with Crippen LogP contribution in [0.3, 0.4) is 0 Å². The van der Waals surface area contributed by atoms with Crippen molar-refractivity contribution in [3.63, 3.8) is 0 Å². The highest BCUT2D eigenvalue weighted by molar-refractivity contribution is 5.83. The molecular weight excluding hydrogens is 290 g/mol. The average Bonchev–Trinajstić information content (AvgIpc) is 2.56. The molecule has 1 aromatic rings. The van der Waals surface area contributed by atoms with Crippen LogP contribution in [0.5, 0.6) is 0 Å². The maximum Gasteiger partial charge on any atom is 0.306 e. The fourth-order valence-electron chi connectivity index (χ4n) is 3.03. The van der Waals surface area contributed by atoms with Crippen LogP contribution >= 0.6 is 0 Å². The fraction of sp³-hybridized carbons (Fsp3) is 0.579. The molecule has 0 bridgehead atoms. The van der Waals surface area contributed by atoms with Gasteiger partial charge < -0.3 is 10.1 Å². The van der Waals surface area contributed by atoms with Gasteiger partial charge in [-0.2, -0.15) is 0 Å². The SMILES string of the molecule is C[C@@H](OC(=O)CCc1ccccc1)C(=O)N[C@@H]1CCCC[C@@H]1C. The van der Waals surface area contributed by atoms with Gasteiger partial charge in [0.1, 0.15) is 0 Å². The molecule has 0 aromatic heterocycles. The Morgan fingerprint density at radius 2 is 1.91 bits per heavy atom. The predicted octanol–water partition coefficient (Wildman–Crippen LogP) is 3.25. The number of esters is 1. The van der Waals surface area contributed by atoms with E-state index in [9.17, 15) is 9.59 Å². The third-order valence-corrected chi connectivity index (χ3v) is 4.58. The summed E-state index contributed by atoms with van der Waals surface area (Å²) in [7, 11) is 0. The first-order chi connectivity index (χ1) is 11.1. The summed E-state index contributed by atoms with van der Waals surface area (Å²) in [5.74, 6) is -0.0151. The number of nitrogens with one attached hydrogen (secondary N) is 1. The lowest BCUT2D eigenvalue weighted by Gasteiger charge is -2.30. The van der Waals surface area contributed by atoms with Gasteiger partial charge in [0, 0.05) is 12.5 Å². The molecule has 1 aliphatic carbocycles. The molecule has 4 heteroatoms. The zero-order valence-corrected chi connectivity index (χ0v) is 14.1. The minimum Gasteiger partial charge on any atom is -0.453 e. The summed E-state index contributed by atoms with van der Waals surface area (Å²) in [6.07, 6.45) is 4.75. The molecule has 23 heavy (non-hydrogen) atoms. The summed E-state index contributed by atoms with van der Waals surface area (Å²) in [5, 5.41) is 3.03. The van der Waals surface area contributed by atoms with Crippen molar-refractivity contribution in [2.24, 2.45) is 5.92 Å². The van der Waals surface area contributed by atoms with Crippen LogP contribution in [0.15, 0.2) is 30.3 Å². The van der Waals surface area contributed by atoms with E-state index in [4.69, 9.17) is 4.74 Å². The standard InChI is InChI=1S/C19H27NO3/c1-14-8-6-7-11-17(14)20-19(22)15(2)23-18(21)13-12-16-9-4-3-5-10-16/h3-5,9-10,14-15,17H,6-8,11-13H2,1-2H3,(H,20,22)/t14-,15+,17+/m0/s1. The second kappa shape index (κ2) is 8.70. The fourth-order valence-corrected chi connectivity index (χ4v) is 3.03. The number of carbonyl (C=O) groups is 2. The molecule has 126 valence electrons. The molecule has 4 nitrogen and oxygen atoms in total. The van der Waals surface area contributed by atoms with Crippen molar-refractivity contribution in [3.8, 4) is 0 Å². The maximum absolute atomic E-state index is 12.2. The van der Waals surface area contributed by atoms with Crippen LogP contribution in [0.2, 0.25) is 0 Å². The van der Waals surface area contributed by atoms with Crippen molar-refractivity contribution in [1.82, 2.24) is 5.32 Å². The zero-order valence-electron chi connectivity index (χ0n) is 14.1. The summed E-state index contributed by atoms with van der Waals surface area (Å²) in [4.78, 5) is 24.1. The van der Waals surface area contributed by atoms with Gasteiger partial charge in [0.25, 0.3) is 5.91 Å². The van der Waals surface area contributed by atoms with Gasteiger partial charge in [-0.3, -0.25) is 9.59 Å². The van der Waals surface area contributed by atoms with E-state index in [2.05, 4.69) is 12.2 Å². The molecule has 1 N–H and O–H groups in total. The molecule has 0 aliphatic heterocycles. The summed E-state index contributed by atoms with van der Waals surface area (Å²) in [6.45, 7) is 3.81. The number of aryl methyl sites for hydroxylation is 1. The maximum atomic E-state index is 12.2. The largest absolute Gasteiger partial charge is 0.453 e. The summed E-state index contributed by atoms with van der Waals surface area (Å²) >= 11 is 0. The van der Waals surface area contributed by atoms with Crippen molar-refractivity contribution >= 4 is 11.9 Å². The molecule has 3 atom stereocenters. The third-order valence-electron chi connectivity index (χ3n) is 4.58. The minimum atomic E-state index is -0.729. The van der Waals surface area contributed by atoms with Gasteiger partial charge in [-0.15, -0.1) is 0 Å². The van der Waals surface area contributed by atoms with Gasteiger partial charge >= 0.3 is 5.97 Å². The molecular formula is C19H27NO3. The second-order valence-electron chi connectivity index (χ2n) is 6.49. The number of hydrogen-bond donors (Lipinski definition) is 1. The van der Waals surface area contributed by atoms with Crippen molar-refractivity contribution in [3.05, 3.63) is 35.9 Å². The number of rotatable bonds is 6.